The van der Waals surface area contributed by atoms with Crippen molar-refractivity contribution in [3.8, 4) is 10.6 Å². The summed E-state index contributed by atoms with van der Waals surface area (Å²) in [7, 11) is 0. The molecular formula is C15H18ClN3OS. The molecule has 0 aliphatic carbocycles. The average Bonchev–Trinajstić information content (AvgIpc) is 3.10. The van der Waals surface area contributed by atoms with Crippen LogP contribution in [0.5, 0.6) is 0 Å². The number of aryl methyl sites for hydroxylation is 1. The van der Waals surface area contributed by atoms with Crippen molar-refractivity contribution >= 4 is 35.3 Å². The second kappa shape index (κ2) is 7.02. The summed E-state index contributed by atoms with van der Waals surface area (Å²) in [4.78, 5) is 16.6. The normalized spacial score (nSPS) is 17.3. The van der Waals surface area contributed by atoms with Crippen LogP contribution in [0.1, 0.15) is 18.5 Å². The zero-order valence-electron chi connectivity index (χ0n) is 11.8. The Bertz CT molecular complexity index is 623. The first kappa shape index (κ1) is 15.9. The van der Waals surface area contributed by atoms with Gasteiger partial charge in [-0.25, -0.2) is 4.98 Å². The molecule has 1 amide bonds. The van der Waals surface area contributed by atoms with Gasteiger partial charge in [0, 0.05) is 22.3 Å². The van der Waals surface area contributed by atoms with Crippen LogP contribution in [0.3, 0.4) is 0 Å². The highest BCUT2D eigenvalue weighted by molar-refractivity contribution is 7.13. The summed E-state index contributed by atoms with van der Waals surface area (Å²) in [5, 5.41) is 9.19. The maximum Gasteiger partial charge on any atom is 0.241 e. The fourth-order valence-electron chi connectivity index (χ4n) is 2.35. The van der Waals surface area contributed by atoms with Crippen LogP contribution in [0.4, 0.5) is 5.69 Å². The topological polar surface area (TPSA) is 54.0 Å². The minimum Gasteiger partial charge on any atom is -0.325 e. The lowest BCUT2D eigenvalue weighted by molar-refractivity contribution is -0.117. The van der Waals surface area contributed by atoms with Gasteiger partial charge in [0.1, 0.15) is 5.01 Å². The zero-order chi connectivity index (χ0) is 13.9. The number of nitrogens with one attached hydrogen (secondary N) is 2. The first-order chi connectivity index (χ1) is 9.72. The Morgan fingerprint density at radius 3 is 3.00 bits per heavy atom. The molecule has 1 unspecified atom stereocenters. The zero-order valence-corrected chi connectivity index (χ0v) is 13.4. The van der Waals surface area contributed by atoms with Crippen molar-refractivity contribution in [2.75, 3.05) is 11.9 Å². The molecule has 1 aromatic carbocycles. The monoisotopic (exact) mass is 323 g/mol. The van der Waals surface area contributed by atoms with Gasteiger partial charge in [0.2, 0.25) is 5.91 Å². The van der Waals surface area contributed by atoms with Crippen LogP contribution >= 0.6 is 23.7 Å². The number of nitrogens with zero attached hydrogens (tertiary/aromatic N) is 1. The van der Waals surface area contributed by atoms with Gasteiger partial charge in [0.05, 0.1) is 6.04 Å². The summed E-state index contributed by atoms with van der Waals surface area (Å²) in [5.41, 5.74) is 2.89. The minimum atomic E-state index is -0.0548. The predicted octanol–water partition coefficient (Wildman–Crippen LogP) is 3.23. The molecule has 3 rings (SSSR count). The molecule has 1 aliphatic heterocycles. The molecule has 1 atom stereocenters. The van der Waals surface area contributed by atoms with Gasteiger partial charge in [-0.05, 0) is 38.4 Å². The summed E-state index contributed by atoms with van der Waals surface area (Å²) < 4.78 is 0. The summed E-state index contributed by atoms with van der Waals surface area (Å²) in [6.45, 7) is 2.91. The van der Waals surface area contributed by atoms with E-state index >= 15 is 0 Å². The quantitative estimate of drug-likeness (QED) is 0.911. The van der Waals surface area contributed by atoms with Crippen molar-refractivity contribution in [3.05, 3.63) is 35.3 Å². The lowest BCUT2D eigenvalue weighted by Gasteiger charge is -2.11. The third-order valence-corrected chi connectivity index (χ3v) is 4.38. The van der Waals surface area contributed by atoms with Gasteiger partial charge < -0.3 is 10.6 Å². The molecule has 1 aliphatic rings. The molecule has 0 bridgehead atoms. The summed E-state index contributed by atoms with van der Waals surface area (Å²) in [5.74, 6) is 0.0509. The van der Waals surface area contributed by atoms with E-state index in [0.717, 1.165) is 41.3 Å². The van der Waals surface area contributed by atoms with Crippen LogP contribution < -0.4 is 10.6 Å². The number of hydrogen-bond acceptors (Lipinski definition) is 4. The van der Waals surface area contributed by atoms with Gasteiger partial charge in [-0.15, -0.1) is 23.7 Å². The van der Waals surface area contributed by atoms with Gasteiger partial charge in [-0.3, -0.25) is 4.79 Å². The summed E-state index contributed by atoms with van der Waals surface area (Å²) >= 11 is 1.62. The molecule has 2 heterocycles. The van der Waals surface area contributed by atoms with Crippen molar-refractivity contribution in [3.63, 3.8) is 0 Å². The predicted molar refractivity (Wildman–Crippen MR) is 89.2 cm³/mol. The number of halogens is 1. The molecule has 1 aromatic heterocycles. The molecule has 21 heavy (non-hydrogen) atoms. The van der Waals surface area contributed by atoms with Gasteiger partial charge in [0.25, 0.3) is 0 Å². The van der Waals surface area contributed by atoms with E-state index in [0.29, 0.717) is 0 Å². The fourth-order valence-corrected chi connectivity index (χ4v) is 3.15. The molecule has 2 aromatic rings. The van der Waals surface area contributed by atoms with Crippen molar-refractivity contribution in [2.24, 2.45) is 0 Å². The first-order valence-corrected chi connectivity index (χ1v) is 7.67. The standard InChI is InChI=1S/C15H17N3OS.ClH/c1-10-9-20-15(17-10)11-4-2-5-12(8-11)18-14(19)13-6-3-7-16-13;/h2,4-5,8-9,13,16H,3,6-7H2,1H3,(H,18,19);1H. The third kappa shape index (κ3) is 3.81. The smallest absolute Gasteiger partial charge is 0.241 e. The van der Waals surface area contributed by atoms with Crippen molar-refractivity contribution in [2.45, 2.75) is 25.8 Å². The van der Waals surface area contributed by atoms with Crippen LogP contribution in [0.2, 0.25) is 0 Å². The van der Waals surface area contributed by atoms with E-state index in [1.807, 2.05) is 36.6 Å². The highest BCUT2D eigenvalue weighted by atomic mass is 35.5. The van der Waals surface area contributed by atoms with Crippen LogP contribution in [0.25, 0.3) is 10.6 Å². The Morgan fingerprint density at radius 1 is 1.48 bits per heavy atom. The Labute approximate surface area is 134 Å². The van der Waals surface area contributed by atoms with Crippen LogP contribution in [0, 0.1) is 6.92 Å². The number of rotatable bonds is 3. The molecule has 0 radical (unpaired) electrons. The number of hydrogen-bond donors (Lipinski definition) is 2. The second-order valence-corrected chi connectivity index (χ2v) is 5.87. The molecule has 0 spiro atoms. The number of anilines is 1. The molecule has 6 heteroatoms. The number of carbonyl (C=O) groups is 1. The number of amides is 1. The van der Waals surface area contributed by atoms with Gasteiger partial charge >= 0.3 is 0 Å². The van der Waals surface area contributed by atoms with Crippen LogP contribution in [0.15, 0.2) is 29.6 Å². The third-order valence-electron chi connectivity index (χ3n) is 3.37. The maximum atomic E-state index is 12.1. The van der Waals surface area contributed by atoms with E-state index in [-0.39, 0.29) is 24.4 Å². The summed E-state index contributed by atoms with van der Waals surface area (Å²) in [6, 6.07) is 7.80. The lowest BCUT2D eigenvalue weighted by Crippen LogP contribution is -2.35. The van der Waals surface area contributed by atoms with E-state index in [4.69, 9.17) is 0 Å². The number of benzene rings is 1. The first-order valence-electron chi connectivity index (χ1n) is 6.79. The maximum absolute atomic E-state index is 12.1. The van der Waals surface area contributed by atoms with E-state index in [2.05, 4.69) is 15.6 Å². The molecular weight excluding hydrogens is 306 g/mol. The van der Waals surface area contributed by atoms with Gasteiger partial charge in [-0.2, -0.15) is 0 Å². The Balaban J connectivity index is 0.00000161. The minimum absolute atomic E-state index is 0. The summed E-state index contributed by atoms with van der Waals surface area (Å²) in [6.07, 6.45) is 1.98. The number of thiazole rings is 1. The average molecular weight is 324 g/mol. The molecule has 4 nitrogen and oxygen atoms in total. The fraction of sp³-hybridized carbons (Fsp3) is 0.333. The van der Waals surface area contributed by atoms with Crippen LogP contribution in [-0.2, 0) is 4.79 Å². The highest BCUT2D eigenvalue weighted by Crippen LogP contribution is 2.26. The lowest BCUT2D eigenvalue weighted by atomic mass is 10.2. The molecule has 2 N–H and O–H groups in total. The molecule has 112 valence electrons. The highest BCUT2D eigenvalue weighted by Gasteiger charge is 2.21. The SMILES string of the molecule is Cc1csc(-c2cccc(NC(=O)C3CCCN3)c2)n1.Cl. The molecule has 1 fully saturated rings. The van der Waals surface area contributed by atoms with Crippen molar-refractivity contribution in [1.29, 1.82) is 0 Å². The van der Waals surface area contributed by atoms with E-state index < -0.39 is 0 Å². The van der Waals surface area contributed by atoms with E-state index in [1.54, 1.807) is 11.3 Å². The largest absolute Gasteiger partial charge is 0.325 e. The van der Waals surface area contributed by atoms with E-state index in [9.17, 15) is 4.79 Å². The number of aromatic nitrogens is 1. The van der Waals surface area contributed by atoms with E-state index in [1.165, 1.54) is 0 Å². The van der Waals surface area contributed by atoms with Gasteiger partial charge in [0.15, 0.2) is 0 Å². The van der Waals surface area contributed by atoms with Crippen molar-refractivity contribution in [1.82, 2.24) is 10.3 Å². The van der Waals surface area contributed by atoms with Gasteiger partial charge in [-0.1, -0.05) is 12.1 Å². The molecule has 1 saturated heterocycles. The Morgan fingerprint density at radius 2 is 2.33 bits per heavy atom. The van der Waals surface area contributed by atoms with Crippen LogP contribution in [-0.4, -0.2) is 23.5 Å². The number of carbonyl (C=O) groups excluding carboxylic acids is 1. The Kier molecular flexibility index (Phi) is 5.33. The van der Waals surface area contributed by atoms with Crippen molar-refractivity contribution < 1.29 is 4.79 Å². The molecule has 0 saturated carbocycles. The second-order valence-electron chi connectivity index (χ2n) is 5.01. The Hall–Kier alpha value is -1.43.